The normalized spacial score (nSPS) is 10.0. The summed E-state index contributed by atoms with van der Waals surface area (Å²) >= 11 is 0. The van der Waals surface area contributed by atoms with Crippen molar-refractivity contribution in [2.45, 2.75) is 6.42 Å². The maximum absolute atomic E-state index is 10.7. The highest BCUT2D eigenvalue weighted by Gasteiger charge is 2.14. The Kier molecular flexibility index (Phi) is 5.22. The molecule has 0 aliphatic heterocycles. The topological polar surface area (TPSA) is 73.6 Å². The summed E-state index contributed by atoms with van der Waals surface area (Å²) in [6.07, 6.45) is 0.871. The third-order valence-electron chi connectivity index (χ3n) is 2.23. The maximum Gasteiger partial charge on any atom is 0.311 e. The number of hydrogen-bond donors (Lipinski definition) is 1. The second-order valence-electron chi connectivity index (χ2n) is 3.42. The first-order valence-corrected chi connectivity index (χ1v) is 5.24. The molecule has 0 atom stereocenters. The van der Waals surface area contributed by atoms with Crippen LogP contribution in [0.15, 0.2) is 18.2 Å². The average Bonchev–Trinajstić information content (AvgIpc) is 2.34. The molecule has 6 nitrogen and oxygen atoms in total. The Morgan fingerprint density at radius 3 is 2.76 bits per heavy atom. The Balaban J connectivity index is 2.66. The zero-order valence-electron chi connectivity index (χ0n) is 9.93. The van der Waals surface area contributed by atoms with E-state index in [0.29, 0.717) is 6.61 Å². The van der Waals surface area contributed by atoms with Crippen LogP contribution in [0.1, 0.15) is 6.42 Å². The van der Waals surface area contributed by atoms with Gasteiger partial charge in [0.2, 0.25) is 0 Å². The van der Waals surface area contributed by atoms with Gasteiger partial charge in [0.25, 0.3) is 0 Å². The van der Waals surface area contributed by atoms with E-state index in [1.54, 1.807) is 19.2 Å². The van der Waals surface area contributed by atoms with E-state index in [0.717, 1.165) is 18.7 Å². The van der Waals surface area contributed by atoms with E-state index in [2.05, 4.69) is 5.32 Å². The summed E-state index contributed by atoms with van der Waals surface area (Å²) in [6, 6.07) is 4.70. The van der Waals surface area contributed by atoms with Crippen molar-refractivity contribution < 1.29 is 14.4 Å². The quantitative estimate of drug-likeness (QED) is 0.448. The number of nitrogens with zero attached hydrogens (tertiary/aromatic N) is 1. The van der Waals surface area contributed by atoms with Crippen molar-refractivity contribution in [3.05, 3.63) is 28.3 Å². The molecule has 0 heterocycles. The molecule has 1 rings (SSSR count). The number of nitro groups is 1. The fourth-order valence-corrected chi connectivity index (χ4v) is 1.39. The second-order valence-corrected chi connectivity index (χ2v) is 3.42. The molecule has 17 heavy (non-hydrogen) atoms. The van der Waals surface area contributed by atoms with E-state index < -0.39 is 4.92 Å². The van der Waals surface area contributed by atoms with Crippen LogP contribution in [0.25, 0.3) is 0 Å². The van der Waals surface area contributed by atoms with Crippen molar-refractivity contribution in [3.8, 4) is 5.75 Å². The molecule has 0 aliphatic rings. The third kappa shape index (κ3) is 3.92. The molecule has 0 aromatic heterocycles. The minimum absolute atomic E-state index is 0.0325. The summed E-state index contributed by atoms with van der Waals surface area (Å²) < 4.78 is 9.89. The molecular formula is C11H16N2O4. The van der Waals surface area contributed by atoms with Gasteiger partial charge in [-0.2, -0.15) is 0 Å². The fraction of sp³-hybridized carbons (Fsp3) is 0.455. The molecule has 1 aromatic carbocycles. The first-order valence-electron chi connectivity index (χ1n) is 5.24. The van der Waals surface area contributed by atoms with Gasteiger partial charge in [0.05, 0.1) is 12.0 Å². The highest BCUT2D eigenvalue weighted by atomic mass is 16.6. The zero-order chi connectivity index (χ0) is 12.7. The molecule has 6 heteroatoms. The summed E-state index contributed by atoms with van der Waals surface area (Å²) in [5.41, 5.74) is 0.762. The SMILES string of the molecule is COCCCNc1ccc([N+](=O)[O-])c(OC)c1. The molecule has 1 aromatic rings. The summed E-state index contributed by atoms with van der Waals surface area (Å²) in [5, 5.41) is 13.8. The fourth-order valence-electron chi connectivity index (χ4n) is 1.39. The number of methoxy groups -OCH3 is 2. The number of anilines is 1. The lowest BCUT2D eigenvalue weighted by molar-refractivity contribution is -0.385. The molecule has 0 amide bonds. The van der Waals surface area contributed by atoms with Crippen molar-refractivity contribution >= 4 is 11.4 Å². The van der Waals surface area contributed by atoms with E-state index in [9.17, 15) is 10.1 Å². The number of benzene rings is 1. The van der Waals surface area contributed by atoms with Crippen LogP contribution in [-0.2, 0) is 4.74 Å². The van der Waals surface area contributed by atoms with Crippen LogP contribution in [0.5, 0.6) is 5.75 Å². The van der Waals surface area contributed by atoms with Gasteiger partial charge in [-0.3, -0.25) is 10.1 Å². The van der Waals surface area contributed by atoms with Gasteiger partial charge in [-0.1, -0.05) is 0 Å². The van der Waals surface area contributed by atoms with Crippen LogP contribution in [0.4, 0.5) is 11.4 Å². The van der Waals surface area contributed by atoms with Crippen molar-refractivity contribution in [1.29, 1.82) is 0 Å². The highest BCUT2D eigenvalue weighted by Crippen LogP contribution is 2.29. The lowest BCUT2D eigenvalue weighted by Crippen LogP contribution is -2.05. The molecule has 0 fully saturated rings. The van der Waals surface area contributed by atoms with E-state index in [1.807, 2.05) is 0 Å². The minimum atomic E-state index is -0.465. The van der Waals surface area contributed by atoms with Crippen molar-refractivity contribution in [1.82, 2.24) is 0 Å². The Bertz CT molecular complexity index is 382. The average molecular weight is 240 g/mol. The van der Waals surface area contributed by atoms with Crippen LogP contribution < -0.4 is 10.1 Å². The van der Waals surface area contributed by atoms with Crippen molar-refractivity contribution in [3.63, 3.8) is 0 Å². The molecule has 0 bridgehead atoms. The number of nitro benzene ring substituents is 1. The van der Waals surface area contributed by atoms with Crippen LogP contribution in [0.2, 0.25) is 0 Å². The number of rotatable bonds is 7. The summed E-state index contributed by atoms with van der Waals surface area (Å²) in [6.45, 7) is 1.42. The summed E-state index contributed by atoms with van der Waals surface area (Å²) in [4.78, 5) is 10.2. The molecule has 0 saturated heterocycles. The first-order chi connectivity index (χ1) is 8.19. The number of ether oxygens (including phenoxy) is 2. The Morgan fingerprint density at radius 2 is 2.18 bits per heavy atom. The van der Waals surface area contributed by atoms with Gasteiger partial charge in [0.1, 0.15) is 0 Å². The molecule has 0 radical (unpaired) electrons. The monoisotopic (exact) mass is 240 g/mol. The van der Waals surface area contributed by atoms with E-state index in [4.69, 9.17) is 9.47 Å². The predicted molar refractivity (Wildman–Crippen MR) is 64.6 cm³/mol. The van der Waals surface area contributed by atoms with Gasteiger partial charge in [0, 0.05) is 38.1 Å². The molecular weight excluding hydrogens is 224 g/mol. The third-order valence-corrected chi connectivity index (χ3v) is 2.23. The van der Waals surface area contributed by atoms with E-state index >= 15 is 0 Å². The second kappa shape index (κ2) is 6.70. The van der Waals surface area contributed by atoms with Gasteiger partial charge in [-0.25, -0.2) is 0 Å². The summed E-state index contributed by atoms with van der Waals surface area (Å²) in [5.74, 6) is 0.256. The largest absolute Gasteiger partial charge is 0.490 e. The zero-order valence-corrected chi connectivity index (χ0v) is 9.93. The Hall–Kier alpha value is -1.82. The molecule has 0 aliphatic carbocycles. The van der Waals surface area contributed by atoms with E-state index in [-0.39, 0.29) is 11.4 Å². The standard InChI is InChI=1S/C11H16N2O4/c1-16-7-3-6-12-9-4-5-10(13(14)15)11(8-9)17-2/h4-5,8,12H,3,6-7H2,1-2H3. The van der Waals surface area contributed by atoms with Gasteiger partial charge in [-0.05, 0) is 12.5 Å². The van der Waals surface area contributed by atoms with Crippen molar-refractivity contribution in [2.24, 2.45) is 0 Å². The maximum atomic E-state index is 10.7. The van der Waals surface area contributed by atoms with E-state index in [1.165, 1.54) is 13.2 Å². The highest BCUT2D eigenvalue weighted by molar-refractivity contribution is 5.57. The molecule has 0 spiro atoms. The Morgan fingerprint density at radius 1 is 1.41 bits per heavy atom. The number of nitrogens with one attached hydrogen (secondary N) is 1. The molecule has 0 unspecified atom stereocenters. The minimum Gasteiger partial charge on any atom is -0.490 e. The molecule has 94 valence electrons. The van der Waals surface area contributed by atoms with Crippen LogP contribution in [0.3, 0.4) is 0 Å². The first kappa shape index (κ1) is 13.2. The van der Waals surface area contributed by atoms with Crippen LogP contribution >= 0.6 is 0 Å². The van der Waals surface area contributed by atoms with Gasteiger partial charge in [0.15, 0.2) is 5.75 Å². The lowest BCUT2D eigenvalue weighted by Gasteiger charge is -2.08. The number of hydrogen-bond acceptors (Lipinski definition) is 5. The van der Waals surface area contributed by atoms with Crippen LogP contribution in [0, 0.1) is 10.1 Å². The van der Waals surface area contributed by atoms with Crippen LogP contribution in [-0.4, -0.2) is 32.3 Å². The Labute approximate surface area is 99.7 Å². The summed E-state index contributed by atoms with van der Waals surface area (Å²) in [7, 11) is 3.06. The predicted octanol–water partition coefficient (Wildman–Crippen LogP) is 2.05. The van der Waals surface area contributed by atoms with Gasteiger partial charge >= 0.3 is 5.69 Å². The molecule has 0 saturated carbocycles. The molecule has 1 N–H and O–H groups in total. The van der Waals surface area contributed by atoms with Gasteiger partial charge in [-0.15, -0.1) is 0 Å². The smallest absolute Gasteiger partial charge is 0.311 e. The van der Waals surface area contributed by atoms with Gasteiger partial charge < -0.3 is 14.8 Å². The van der Waals surface area contributed by atoms with Crippen molar-refractivity contribution in [2.75, 3.05) is 32.7 Å². The lowest BCUT2D eigenvalue weighted by atomic mass is 10.2.